The molecule has 2 N–H and O–H groups in total. The van der Waals surface area contributed by atoms with Crippen molar-refractivity contribution in [3.05, 3.63) is 0 Å². The zero-order valence-electron chi connectivity index (χ0n) is 13.5. The van der Waals surface area contributed by atoms with E-state index in [1.165, 1.54) is 0 Å². The smallest absolute Gasteiger partial charge is 0.306 e. The van der Waals surface area contributed by atoms with Gasteiger partial charge in [-0.05, 0) is 32.1 Å². The van der Waals surface area contributed by atoms with Crippen LogP contribution in [0.2, 0.25) is 0 Å². The molecule has 124 valence electrons. The Morgan fingerprint density at radius 2 is 1.86 bits per heavy atom. The number of ether oxygens (including phenoxy) is 1. The van der Waals surface area contributed by atoms with Crippen molar-refractivity contribution in [1.82, 2.24) is 5.32 Å². The molecule has 3 fully saturated rings. The van der Waals surface area contributed by atoms with Gasteiger partial charge in [0.05, 0.1) is 12.0 Å². The molecule has 5 unspecified atom stereocenters. The van der Waals surface area contributed by atoms with Gasteiger partial charge in [0.25, 0.3) is 0 Å². The quantitative estimate of drug-likeness (QED) is 0.838. The highest BCUT2D eigenvalue weighted by Crippen LogP contribution is 2.51. The van der Waals surface area contributed by atoms with Crippen molar-refractivity contribution in [2.24, 2.45) is 23.2 Å². The van der Waals surface area contributed by atoms with Crippen LogP contribution < -0.4 is 5.32 Å². The van der Waals surface area contributed by atoms with Gasteiger partial charge in [0.1, 0.15) is 0 Å². The first-order chi connectivity index (χ1) is 10.4. The molecule has 0 spiro atoms. The van der Waals surface area contributed by atoms with Gasteiger partial charge in [-0.25, -0.2) is 0 Å². The first-order valence-corrected chi connectivity index (χ1v) is 8.56. The van der Waals surface area contributed by atoms with Gasteiger partial charge in [0, 0.05) is 29.9 Å². The summed E-state index contributed by atoms with van der Waals surface area (Å²) in [4.78, 5) is 23.7. The molecule has 0 radical (unpaired) electrons. The van der Waals surface area contributed by atoms with Crippen molar-refractivity contribution in [2.75, 3.05) is 6.61 Å². The van der Waals surface area contributed by atoms with Crippen molar-refractivity contribution in [2.45, 2.75) is 64.5 Å². The van der Waals surface area contributed by atoms with Crippen LogP contribution in [-0.4, -0.2) is 35.7 Å². The zero-order valence-corrected chi connectivity index (χ0v) is 13.5. The fourth-order valence-electron chi connectivity index (χ4n) is 4.74. The highest BCUT2D eigenvalue weighted by Gasteiger charge is 2.58. The molecule has 3 rings (SSSR count). The summed E-state index contributed by atoms with van der Waals surface area (Å²) in [6.07, 6.45) is 5.26. The average molecular weight is 309 g/mol. The van der Waals surface area contributed by atoms with Gasteiger partial charge in [-0.3, -0.25) is 9.59 Å². The van der Waals surface area contributed by atoms with E-state index in [0.717, 1.165) is 32.3 Å². The molecule has 0 aromatic rings. The van der Waals surface area contributed by atoms with E-state index in [9.17, 15) is 9.59 Å². The maximum Gasteiger partial charge on any atom is 0.306 e. The van der Waals surface area contributed by atoms with Gasteiger partial charge >= 0.3 is 5.97 Å². The summed E-state index contributed by atoms with van der Waals surface area (Å²) in [6.45, 7) is 5.14. The first kappa shape index (κ1) is 15.8. The van der Waals surface area contributed by atoms with Gasteiger partial charge < -0.3 is 15.2 Å². The molecule has 5 heteroatoms. The Morgan fingerprint density at radius 1 is 1.14 bits per heavy atom. The van der Waals surface area contributed by atoms with Crippen LogP contribution in [0.1, 0.15) is 52.4 Å². The normalized spacial score (nSPS) is 40.2. The molecule has 1 aliphatic heterocycles. The van der Waals surface area contributed by atoms with E-state index in [4.69, 9.17) is 9.84 Å². The van der Waals surface area contributed by atoms with Crippen molar-refractivity contribution >= 4 is 11.9 Å². The third-order valence-electron chi connectivity index (χ3n) is 6.02. The largest absolute Gasteiger partial charge is 0.481 e. The van der Waals surface area contributed by atoms with Gasteiger partial charge in [-0.15, -0.1) is 0 Å². The van der Waals surface area contributed by atoms with Crippen molar-refractivity contribution in [1.29, 1.82) is 0 Å². The summed E-state index contributed by atoms with van der Waals surface area (Å²) in [7, 11) is 0. The third kappa shape index (κ3) is 2.64. The lowest BCUT2D eigenvalue weighted by Crippen LogP contribution is -2.70. The second kappa shape index (κ2) is 5.84. The lowest BCUT2D eigenvalue weighted by atomic mass is 9.55. The molecule has 2 saturated carbocycles. The molecule has 2 aliphatic carbocycles. The molecule has 5 nitrogen and oxygen atoms in total. The molecule has 5 atom stereocenters. The Balaban J connectivity index is 1.60. The molecule has 22 heavy (non-hydrogen) atoms. The average Bonchev–Trinajstić information content (AvgIpc) is 2.52. The Labute approximate surface area is 131 Å². The SMILES string of the molecule is CC1(C)C(NC(=O)C2CCCC(C(=O)O)C2)C2CCCOC21. The maximum absolute atomic E-state index is 12.6. The van der Waals surface area contributed by atoms with Crippen molar-refractivity contribution in [3.8, 4) is 0 Å². The monoisotopic (exact) mass is 309 g/mol. The summed E-state index contributed by atoms with van der Waals surface area (Å²) in [5.74, 6) is -0.791. The molecule has 0 bridgehead atoms. The number of fused-ring (bicyclic) bond motifs is 1. The van der Waals surface area contributed by atoms with E-state index < -0.39 is 5.97 Å². The summed E-state index contributed by atoms with van der Waals surface area (Å²) >= 11 is 0. The second-order valence-corrected chi connectivity index (χ2v) is 7.80. The topological polar surface area (TPSA) is 75.6 Å². The minimum absolute atomic E-state index is 0.0262. The Kier molecular flexibility index (Phi) is 4.19. The number of carboxylic acids is 1. The van der Waals surface area contributed by atoms with Crippen LogP contribution in [0.3, 0.4) is 0 Å². The predicted molar refractivity (Wildman–Crippen MR) is 81.3 cm³/mol. The minimum Gasteiger partial charge on any atom is -0.481 e. The third-order valence-corrected chi connectivity index (χ3v) is 6.02. The lowest BCUT2D eigenvalue weighted by Gasteiger charge is -2.60. The van der Waals surface area contributed by atoms with Crippen LogP contribution >= 0.6 is 0 Å². The van der Waals surface area contributed by atoms with Gasteiger partial charge in [-0.1, -0.05) is 20.3 Å². The van der Waals surface area contributed by atoms with Crippen LogP contribution in [0.25, 0.3) is 0 Å². The number of rotatable bonds is 3. The standard InChI is InChI=1S/C17H27NO4/c1-17(2)13(12-7-4-8-22-14(12)17)18-15(19)10-5-3-6-11(9-10)16(20)21/h10-14H,3-9H2,1-2H3,(H,18,19)(H,20,21). The van der Waals surface area contributed by atoms with E-state index in [1.807, 2.05) is 0 Å². The van der Waals surface area contributed by atoms with Crippen LogP contribution in [0.15, 0.2) is 0 Å². The summed E-state index contributed by atoms with van der Waals surface area (Å²) in [5, 5.41) is 12.4. The summed E-state index contributed by atoms with van der Waals surface area (Å²) in [6, 6.07) is 0.163. The maximum atomic E-state index is 12.6. The molecular formula is C17H27NO4. The van der Waals surface area contributed by atoms with E-state index in [0.29, 0.717) is 18.8 Å². The number of nitrogens with one attached hydrogen (secondary N) is 1. The fraction of sp³-hybridized carbons (Fsp3) is 0.882. The number of carbonyl (C=O) groups is 2. The summed E-state index contributed by atoms with van der Waals surface area (Å²) < 4.78 is 5.87. The second-order valence-electron chi connectivity index (χ2n) is 7.80. The Morgan fingerprint density at radius 3 is 2.59 bits per heavy atom. The number of amides is 1. The molecular weight excluding hydrogens is 282 g/mol. The number of carboxylic acid groups (broad SMARTS) is 1. The van der Waals surface area contributed by atoms with Crippen molar-refractivity contribution in [3.63, 3.8) is 0 Å². The molecule has 1 saturated heterocycles. The number of aliphatic carboxylic acids is 1. The molecule has 1 heterocycles. The summed E-state index contributed by atoms with van der Waals surface area (Å²) in [5.41, 5.74) is -0.0262. The van der Waals surface area contributed by atoms with Crippen LogP contribution in [0, 0.1) is 23.2 Å². The Hall–Kier alpha value is -1.10. The zero-order chi connectivity index (χ0) is 15.9. The Bertz CT molecular complexity index is 462. The first-order valence-electron chi connectivity index (χ1n) is 8.56. The number of carbonyl (C=O) groups excluding carboxylic acids is 1. The van der Waals surface area contributed by atoms with Gasteiger partial charge in [0.2, 0.25) is 5.91 Å². The molecule has 3 aliphatic rings. The highest BCUT2D eigenvalue weighted by atomic mass is 16.5. The van der Waals surface area contributed by atoms with Crippen LogP contribution in [0.5, 0.6) is 0 Å². The van der Waals surface area contributed by atoms with Crippen molar-refractivity contribution < 1.29 is 19.4 Å². The fourth-order valence-corrected chi connectivity index (χ4v) is 4.74. The van der Waals surface area contributed by atoms with Crippen LogP contribution in [-0.2, 0) is 14.3 Å². The minimum atomic E-state index is -0.762. The van der Waals surface area contributed by atoms with Crippen LogP contribution in [0.4, 0.5) is 0 Å². The predicted octanol–water partition coefficient (Wildman–Crippen LogP) is 2.20. The van der Waals surface area contributed by atoms with E-state index in [1.54, 1.807) is 0 Å². The number of hydrogen-bond donors (Lipinski definition) is 2. The van der Waals surface area contributed by atoms with E-state index in [2.05, 4.69) is 19.2 Å². The van der Waals surface area contributed by atoms with E-state index in [-0.39, 0.29) is 35.3 Å². The van der Waals surface area contributed by atoms with Gasteiger partial charge in [-0.2, -0.15) is 0 Å². The van der Waals surface area contributed by atoms with E-state index >= 15 is 0 Å². The molecule has 0 aromatic carbocycles. The number of hydrogen-bond acceptors (Lipinski definition) is 3. The lowest BCUT2D eigenvalue weighted by molar-refractivity contribution is -0.194. The van der Waals surface area contributed by atoms with Gasteiger partial charge in [0.15, 0.2) is 0 Å². The highest BCUT2D eigenvalue weighted by molar-refractivity contribution is 5.80. The molecule has 1 amide bonds. The molecule has 0 aromatic heterocycles.